The Morgan fingerprint density at radius 1 is 1.24 bits per heavy atom. The SMILES string of the molecule is CC(CCCF)C(=O)C=C(O)C12CC3CC(CC(C3)C1)C2. The Morgan fingerprint density at radius 3 is 2.24 bits per heavy atom. The number of hydrogen-bond donors (Lipinski definition) is 1. The van der Waals surface area contributed by atoms with Crippen molar-refractivity contribution in [2.75, 3.05) is 6.67 Å². The first kappa shape index (κ1) is 15.1. The van der Waals surface area contributed by atoms with E-state index in [0.717, 1.165) is 37.0 Å². The van der Waals surface area contributed by atoms with Crippen LogP contribution in [-0.2, 0) is 4.79 Å². The molecule has 21 heavy (non-hydrogen) atoms. The molecule has 4 aliphatic carbocycles. The second-order valence-electron chi connectivity index (χ2n) is 7.86. The van der Waals surface area contributed by atoms with Gasteiger partial charge in [0.05, 0.1) is 6.67 Å². The molecule has 2 nitrogen and oxygen atoms in total. The van der Waals surface area contributed by atoms with Gasteiger partial charge in [-0.25, -0.2) is 0 Å². The van der Waals surface area contributed by atoms with Crippen LogP contribution in [0.4, 0.5) is 4.39 Å². The Balaban J connectivity index is 1.71. The lowest BCUT2D eigenvalue weighted by molar-refractivity contribution is -0.118. The Kier molecular flexibility index (Phi) is 4.11. The van der Waals surface area contributed by atoms with Crippen molar-refractivity contribution in [1.82, 2.24) is 0 Å². The molecule has 4 fully saturated rings. The molecular formula is C18H27FO2. The maximum Gasteiger partial charge on any atom is 0.161 e. The first-order chi connectivity index (χ1) is 10.0. The minimum absolute atomic E-state index is 0.0308. The Hall–Kier alpha value is -0.860. The molecule has 0 saturated heterocycles. The Bertz CT molecular complexity index is 405. The third kappa shape index (κ3) is 2.89. The number of aliphatic hydroxyl groups excluding tert-OH is 1. The lowest BCUT2D eigenvalue weighted by atomic mass is 9.49. The molecular weight excluding hydrogens is 267 g/mol. The van der Waals surface area contributed by atoms with Crippen LogP contribution >= 0.6 is 0 Å². The molecule has 0 heterocycles. The highest BCUT2D eigenvalue weighted by Crippen LogP contribution is 2.62. The van der Waals surface area contributed by atoms with E-state index in [-0.39, 0.29) is 23.8 Å². The van der Waals surface area contributed by atoms with Crippen molar-refractivity contribution in [3.05, 3.63) is 11.8 Å². The summed E-state index contributed by atoms with van der Waals surface area (Å²) in [6, 6.07) is 0. The van der Waals surface area contributed by atoms with Gasteiger partial charge < -0.3 is 5.11 Å². The van der Waals surface area contributed by atoms with Gasteiger partial charge in [-0.15, -0.1) is 0 Å². The van der Waals surface area contributed by atoms with Crippen LogP contribution in [0.25, 0.3) is 0 Å². The number of carbonyl (C=O) groups excluding carboxylic acids is 1. The van der Waals surface area contributed by atoms with E-state index in [9.17, 15) is 14.3 Å². The summed E-state index contributed by atoms with van der Waals surface area (Å²) in [4.78, 5) is 12.2. The smallest absolute Gasteiger partial charge is 0.161 e. The number of hydrogen-bond acceptors (Lipinski definition) is 2. The van der Waals surface area contributed by atoms with Gasteiger partial charge in [0.15, 0.2) is 5.78 Å². The summed E-state index contributed by atoms with van der Waals surface area (Å²) in [5.74, 6) is 2.38. The van der Waals surface area contributed by atoms with Gasteiger partial charge in [0, 0.05) is 17.4 Å². The van der Waals surface area contributed by atoms with Crippen LogP contribution in [-0.4, -0.2) is 17.6 Å². The molecule has 0 aromatic rings. The number of carbonyl (C=O) groups is 1. The molecule has 4 bridgehead atoms. The van der Waals surface area contributed by atoms with E-state index in [1.165, 1.54) is 25.3 Å². The maximum atomic E-state index is 12.2. The average molecular weight is 294 g/mol. The van der Waals surface area contributed by atoms with Crippen LogP contribution in [0.15, 0.2) is 11.8 Å². The van der Waals surface area contributed by atoms with Crippen molar-refractivity contribution in [2.45, 2.75) is 58.3 Å². The highest BCUT2D eigenvalue weighted by Gasteiger charge is 2.53. The monoisotopic (exact) mass is 294 g/mol. The van der Waals surface area contributed by atoms with Gasteiger partial charge in [0.2, 0.25) is 0 Å². The van der Waals surface area contributed by atoms with Gasteiger partial charge in [0.25, 0.3) is 0 Å². The van der Waals surface area contributed by atoms with E-state index in [0.29, 0.717) is 18.6 Å². The molecule has 3 heteroatoms. The molecule has 0 spiro atoms. The molecule has 4 saturated carbocycles. The van der Waals surface area contributed by atoms with Gasteiger partial charge in [-0.05, 0) is 69.1 Å². The third-order valence-corrected chi connectivity index (χ3v) is 6.12. The highest BCUT2D eigenvalue weighted by molar-refractivity contribution is 5.91. The van der Waals surface area contributed by atoms with Crippen LogP contribution in [0, 0.1) is 29.1 Å². The minimum Gasteiger partial charge on any atom is -0.512 e. The van der Waals surface area contributed by atoms with E-state index < -0.39 is 0 Å². The van der Waals surface area contributed by atoms with Gasteiger partial charge in [-0.3, -0.25) is 9.18 Å². The summed E-state index contributed by atoms with van der Waals surface area (Å²) < 4.78 is 12.2. The average Bonchev–Trinajstić information content (AvgIpc) is 2.43. The minimum atomic E-state index is -0.373. The number of alkyl halides is 1. The zero-order valence-corrected chi connectivity index (χ0v) is 13.0. The molecule has 0 radical (unpaired) electrons. The van der Waals surface area contributed by atoms with Crippen molar-refractivity contribution in [3.63, 3.8) is 0 Å². The Morgan fingerprint density at radius 2 is 1.76 bits per heavy atom. The number of halogens is 1. The topological polar surface area (TPSA) is 37.3 Å². The molecule has 0 amide bonds. The third-order valence-electron chi connectivity index (χ3n) is 6.12. The highest BCUT2D eigenvalue weighted by atomic mass is 19.1. The van der Waals surface area contributed by atoms with Crippen LogP contribution in [0.2, 0.25) is 0 Å². The van der Waals surface area contributed by atoms with E-state index in [1.807, 2.05) is 6.92 Å². The lowest BCUT2D eigenvalue weighted by Gasteiger charge is -2.56. The number of allylic oxidation sites excluding steroid dienone is 2. The van der Waals surface area contributed by atoms with Gasteiger partial charge in [0.1, 0.15) is 5.76 Å². The van der Waals surface area contributed by atoms with E-state index >= 15 is 0 Å². The van der Waals surface area contributed by atoms with Gasteiger partial charge in [-0.2, -0.15) is 0 Å². The van der Waals surface area contributed by atoms with E-state index in [1.54, 1.807) is 0 Å². The van der Waals surface area contributed by atoms with Crippen molar-refractivity contribution in [2.24, 2.45) is 29.1 Å². The standard InChI is InChI=1S/C18H27FO2/c1-12(3-2-4-19)16(20)8-17(21)18-9-13-5-14(10-18)7-15(6-13)11-18/h8,12-15,21H,2-7,9-11H2,1H3. The van der Waals surface area contributed by atoms with Crippen LogP contribution < -0.4 is 0 Å². The lowest BCUT2D eigenvalue weighted by Crippen LogP contribution is -2.47. The maximum absolute atomic E-state index is 12.2. The summed E-state index contributed by atoms with van der Waals surface area (Å²) in [5, 5.41) is 10.6. The van der Waals surface area contributed by atoms with Crippen molar-refractivity contribution < 1.29 is 14.3 Å². The number of aliphatic hydroxyl groups is 1. The largest absolute Gasteiger partial charge is 0.512 e. The summed E-state index contributed by atoms with van der Waals surface area (Å²) in [6.45, 7) is 1.46. The summed E-state index contributed by atoms with van der Waals surface area (Å²) >= 11 is 0. The molecule has 0 aromatic carbocycles. The quantitative estimate of drug-likeness (QED) is 0.574. The van der Waals surface area contributed by atoms with Crippen molar-refractivity contribution in [3.8, 4) is 0 Å². The first-order valence-corrected chi connectivity index (χ1v) is 8.53. The molecule has 1 N–H and O–H groups in total. The molecule has 1 unspecified atom stereocenters. The summed E-state index contributed by atoms with van der Waals surface area (Å²) in [5.41, 5.74) is -0.107. The molecule has 4 aliphatic rings. The van der Waals surface area contributed by atoms with Gasteiger partial charge in [-0.1, -0.05) is 6.92 Å². The second-order valence-corrected chi connectivity index (χ2v) is 7.86. The van der Waals surface area contributed by atoms with E-state index in [2.05, 4.69) is 0 Å². The number of ketones is 1. The molecule has 1 atom stereocenters. The van der Waals surface area contributed by atoms with Crippen LogP contribution in [0.1, 0.15) is 58.3 Å². The molecule has 0 aromatic heterocycles. The first-order valence-electron chi connectivity index (χ1n) is 8.53. The summed E-state index contributed by atoms with van der Waals surface area (Å²) in [7, 11) is 0. The number of rotatable bonds is 6. The zero-order valence-electron chi connectivity index (χ0n) is 13.0. The Labute approximate surface area is 126 Å². The molecule has 4 rings (SSSR count). The fourth-order valence-electron chi connectivity index (χ4n) is 5.38. The summed E-state index contributed by atoms with van der Waals surface area (Å²) in [6.07, 6.45) is 9.65. The van der Waals surface area contributed by atoms with Crippen LogP contribution in [0.5, 0.6) is 0 Å². The second kappa shape index (κ2) is 5.73. The fourth-order valence-corrected chi connectivity index (χ4v) is 5.38. The zero-order chi connectivity index (χ0) is 15.0. The predicted molar refractivity (Wildman–Crippen MR) is 80.7 cm³/mol. The van der Waals surface area contributed by atoms with Crippen molar-refractivity contribution in [1.29, 1.82) is 0 Å². The molecule has 118 valence electrons. The normalized spacial score (nSPS) is 39.5. The van der Waals surface area contributed by atoms with Crippen molar-refractivity contribution >= 4 is 5.78 Å². The van der Waals surface area contributed by atoms with Crippen LogP contribution in [0.3, 0.4) is 0 Å². The molecule has 0 aliphatic heterocycles. The van der Waals surface area contributed by atoms with Gasteiger partial charge >= 0.3 is 0 Å². The predicted octanol–water partition coefficient (Wildman–Crippen LogP) is 4.60. The van der Waals surface area contributed by atoms with E-state index in [4.69, 9.17) is 0 Å². The fraction of sp³-hybridized carbons (Fsp3) is 0.833.